The summed E-state index contributed by atoms with van der Waals surface area (Å²) in [7, 11) is 0. The van der Waals surface area contributed by atoms with E-state index in [-0.39, 0.29) is 22.8 Å². The smallest absolute Gasteiger partial charge is 0.305 e. The van der Waals surface area contributed by atoms with Crippen LogP contribution < -0.4 is 5.32 Å². The van der Waals surface area contributed by atoms with E-state index < -0.39 is 28.1 Å². The predicted octanol–water partition coefficient (Wildman–Crippen LogP) is 4.28. The van der Waals surface area contributed by atoms with Crippen molar-refractivity contribution in [1.29, 1.82) is 0 Å². The minimum atomic E-state index is -1.27. The van der Waals surface area contributed by atoms with Crippen LogP contribution in [-0.4, -0.2) is 4.92 Å². The fraction of sp³-hybridized carbons (Fsp3) is 0.0769. The number of halogens is 4. The highest BCUT2D eigenvalue weighted by Crippen LogP contribution is 2.27. The fourth-order valence-corrected chi connectivity index (χ4v) is 1.94. The molecule has 0 bridgehead atoms. The summed E-state index contributed by atoms with van der Waals surface area (Å²) in [5, 5.41) is 13.2. The third-order valence-electron chi connectivity index (χ3n) is 2.73. The number of anilines is 1. The van der Waals surface area contributed by atoms with E-state index in [9.17, 15) is 23.3 Å². The van der Waals surface area contributed by atoms with Gasteiger partial charge in [-0.1, -0.05) is 17.7 Å². The lowest BCUT2D eigenvalue weighted by molar-refractivity contribution is -0.387. The van der Waals surface area contributed by atoms with Crippen molar-refractivity contribution >= 4 is 23.0 Å². The molecule has 1 N–H and O–H groups in total. The third-order valence-corrected chi connectivity index (χ3v) is 3.05. The lowest BCUT2D eigenvalue weighted by Gasteiger charge is -2.10. The highest BCUT2D eigenvalue weighted by molar-refractivity contribution is 6.33. The van der Waals surface area contributed by atoms with Crippen LogP contribution in [0.5, 0.6) is 0 Å². The molecule has 0 aromatic heterocycles. The van der Waals surface area contributed by atoms with Crippen molar-refractivity contribution in [2.75, 3.05) is 5.32 Å². The Morgan fingerprint density at radius 2 is 1.86 bits per heavy atom. The average molecular weight is 317 g/mol. The first-order chi connectivity index (χ1) is 9.90. The Kier molecular flexibility index (Phi) is 4.32. The maximum absolute atomic E-state index is 13.6. The number of hydrogen-bond acceptors (Lipinski definition) is 3. The van der Waals surface area contributed by atoms with Crippen molar-refractivity contribution in [2.45, 2.75) is 6.54 Å². The summed E-state index contributed by atoms with van der Waals surface area (Å²) in [6, 6.07) is 5.14. The van der Waals surface area contributed by atoms with E-state index in [1.54, 1.807) is 0 Å². The van der Waals surface area contributed by atoms with Gasteiger partial charge in [0, 0.05) is 24.2 Å². The van der Waals surface area contributed by atoms with Crippen LogP contribution in [0.15, 0.2) is 30.3 Å². The van der Waals surface area contributed by atoms with Crippen molar-refractivity contribution < 1.29 is 18.1 Å². The van der Waals surface area contributed by atoms with Gasteiger partial charge in [0.05, 0.1) is 15.6 Å². The van der Waals surface area contributed by atoms with Gasteiger partial charge in [-0.2, -0.15) is 4.39 Å². The van der Waals surface area contributed by atoms with E-state index >= 15 is 0 Å². The van der Waals surface area contributed by atoms with Crippen molar-refractivity contribution in [3.63, 3.8) is 0 Å². The van der Waals surface area contributed by atoms with Crippen LogP contribution in [0.3, 0.4) is 0 Å². The van der Waals surface area contributed by atoms with Crippen LogP contribution in [0.4, 0.5) is 24.5 Å². The SMILES string of the molecule is O=[N+]([O-])c1cc(CNc2c(F)cccc2Cl)c(F)cc1F. The molecule has 0 aliphatic carbocycles. The zero-order valence-corrected chi connectivity index (χ0v) is 11.1. The van der Waals surface area contributed by atoms with Crippen molar-refractivity contribution in [1.82, 2.24) is 0 Å². The molecule has 2 aromatic carbocycles. The molecule has 0 aliphatic rings. The van der Waals surface area contributed by atoms with Crippen LogP contribution in [0, 0.1) is 27.6 Å². The monoisotopic (exact) mass is 316 g/mol. The molecule has 21 heavy (non-hydrogen) atoms. The fourth-order valence-electron chi connectivity index (χ4n) is 1.71. The Morgan fingerprint density at radius 3 is 2.48 bits per heavy atom. The Bertz CT molecular complexity index is 690. The molecule has 110 valence electrons. The highest BCUT2D eigenvalue weighted by atomic mass is 35.5. The number of nitrogens with one attached hydrogen (secondary N) is 1. The lowest BCUT2D eigenvalue weighted by Crippen LogP contribution is -2.06. The quantitative estimate of drug-likeness (QED) is 0.676. The Hall–Kier alpha value is -2.28. The summed E-state index contributed by atoms with van der Waals surface area (Å²) in [5.74, 6) is -2.90. The van der Waals surface area contributed by atoms with Gasteiger partial charge in [-0.3, -0.25) is 10.1 Å². The number of nitro benzene ring substituents is 1. The number of benzene rings is 2. The maximum atomic E-state index is 13.6. The van der Waals surface area contributed by atoms with Crippen LogP contribution in [0.1, 0.15) is 5.56 Å². The number of hydrogen-bond donors (Lipinski definition) is 1. The van der Waals surface area contributed by atoms with E-state index in [1.165, 1.54) is 12.1 Å². The second-order valence-corrected chi connectivity index (χ2v) is 4.51. The maximum Gasteiger partial charge on any atom is 0.305 e. The van der Waals surface area contributed by atoms with Gasteiger partial charge in [-0.25, -0.2) is 8.78 Å². The van der Waals surface area contributed by atoms with Crippen molar-refractivity contribution in [2.24, 2.45) is 0 Å². The van der Waals surface area contributed by atoms with Crippen LogP contribution in [-0.2, 0) is 6.54 Å². The molecule has 0 unspecified atom stereocenters. The Balaban J connectivity index is 2.28. The molecule has 0 spiro atoms. The van der Waals surface area contributed by atoms with E-state index in [0.29, 0.717) is 6.07 Å². The number of nitro groups is 1. The molecule has 0 aliphatic heterocycles. The summed E-state index contributed by atoms with van der Waals surface area (Å²) in [5.41, 5.74) is -1.10. The molecule has 0 fully saturated rings. The first-order valence-corrected chi connectivity index (χ1v) is 6.08. The summed E-state index contributed by atoms with van der Waals surface area (Å²) in [4.78, 5) is 9.65. The predicted molar refractivity (Wildman–Crippen MR) is 71.7 cm³/mol. The van der Waals surface area contributed by atoms with Gasteiger partial charge < -0.3 is 5.32 Å². The van der Waals surface area contributed by atoms with Crippen LogP contribution in [0.25, 0.3) is 0 Å². The van der Waals surface area contributed by atoms with Gasteiger partial charge in [0.25, 0.3) is 0 Å². The van der Waals surface area contributed by atoms with Gasteiger partial charge in [0.1, 0.15) is 11.6 Å². The van der Waals surface area contributed by atoms with Crippen LogP contribution in [0.2, 0.25) is 5.02 Å². The summed E-state index contributed by atoms with van der Waals surface area (Å²) >= 11 is 5.78. The normalized spacial score (nSPS) is 10.5. The molecule has 0 atom stereocenters. The highest BCUT2D eigenvalue weighted by Gasteiger charge is 2.18. The first kappa shape index (κ1) is 15.1. The molecular formula is C13H8ClF3N2O2. The Morgan fingerprint density at radius 1 is 1.14 bits per heavy atom. The molecule has 0 saturated carbocycles. The molecule has 0 saturated heterocycles. The van der Waals surface area contributed by atoms with Gasteiger partial charge in [-0.05, 0) is 12.1 Å². The molecule has 0 amide bonds. The molecule has 2 rings (SSSR count). The first-order valence-electron chi connectivity index (χ1n) is 5.70. The minimum Gasteiger partial charge on any atom is -0.377 e. The Labute approximate surface area is 122 Å². The minimum absolute atomic E-state index is 0.0643. The number of rotatable bonds is 4. The van der Waals surface area contributed by atoms with Gasteiger partial charge in [0.2, 0.25) is 5.82 Å². The third kappa shape index (κ3) is 3.25. The largest absolute Gasteiger partial charge is 0.377 e. The topological polar surface area (TPSA) is 55.2 Å². The van der Waals surface area contributed by atoms with Gasteiger partial charge in [0.15, 0.2) is 0 Å². The second-order valence-electron chi connectivity index (χ2n) is 4.10. The zero-order valence-electron chi connectivity index (χ0n) is 10.4. The van der Waals surface area contributed by atoms with Gasteiger partial charge in [-0.15, -0.1) is 0 Å². The average Bonchev–Trinajstić information content (AvgIpc) is 2.39. The zero-order chi connectivity index (χ0) is 15.6. The molecule has 2 aromatic rings. The van der Waals surface area contributed by atoms with E-state index in [0.717, 1.165) is 12.1 Å². The summed E-state index contributed by atoms with van der Waals surface area (Å²) < 4.78 is 40.3. The number of nitrogens with zero attached hydrogens (tertiary/aromatic N) is 1. The lowest BCUT2D eigenvalue weighted by atomic mass is 10.1. The molecule has 0 heterocycles. The number of para-hydroxylation sites is 1. The summed E-state index contributed by atoms with van der Waals surface area (Å²) in [6.45, 7) is -0.284. The molecule has 4 nitrogen and oxygen atoms in total. The van der Waals surface area contributed by atoms with E-state index in [2.05, 4.69) is 5.32 Å². The molecule has 8 heteroatoms. The second kappa shape index (κ2) is 6.01. The molecular weight excluding hydrogens is 309 g/mol. The summed E-state index contributed by atoms with van der Waals surface area (Å²) in [6.07, 6.45) is 0. The van der Waals surface area contributed by atoms with E-state index in [1.807, 2.05) is 0 Å². The molecule has 0 radical (unpaired) electrons. The van der Waals surface area contributed by atoms with Crippen molar-refractivity contribution in [3.05, 3.63) is 68.5 Å². The van der Waals surface area contributed by atoms with Crippen LogP contribution >= 0.6 is 11.6 Å². The van der Waals surface area contributed by atoms with Crippen molar-refractivity contribution in [3.8, 4) is 0 Å². The van der Waals surface area contributed by atoms with Gasteiger partial charge >= 0.3 is 5.69 Å². The standard InChI is InChI=1S/C13H8ClF3N2O2/c14-8-2-1-3-9(15)13(8)18-6-7-4-12(19(20)21)11(17)5-10(7)16/h1-5,18H,6H2. The van der Waals surface area contributed by atoms with E-state index in [4.69, 9.17) is 11.6 Å².